The third kappa shape index (κ3) is 8.95. The molecular weight excluding hydrogens is 600 g/mol. The third-order valence-electron chi connectivity index (χ3n) is 8.94. The number of piperidine rings is 1. The molecule has 48 heavy (non-hydrogen) atoms. The fourth-order valence-corrected chi connectivity index (χ4v) is 6.25. The minimum absolute atomic E-state index is 0.235. The van der Waals surface area contributed by atoms with Crippen molar-refractivity contribution in [2.45, 2.75) is 86.0 Å². The number of anilines is 1. The Labute approximate surface area is 285 Å². The summed E-state index contributed by atoms with van der Waals surface area (Å²) < 4.78 is 18.3. The van der Waals surface area contributed by atoms with Crippen LogP contribution in [0.3, 0.4) is 0 Å². The number of aryl methyl sites for hydroxylation is 2. The molecule has 0 amide bonds. The average molecular weight is 651 g/mol. The Balaban J connectivity index is 1.34. The zero-order chi connectivity index (χ0) is 34.5. The van der Waals surface area contributed by atoms with Crippen LogP contribution in [0.5, 0.6) is 11.5 Å². The van der Waals surface area contributed by atoms with Crippen molar-refractivity contribution in [2.75, 3.05) is 24.6 Å². The summed E-state index contributed by atoms with van der Waals surface area (Å²) in [5.41, 5.74) is 6.90. The van der Waals surface area contributed by atoms with E-state index < -0.39 is 17.7 Å². The van der Waals surface area contributed by atoms with Crippen molar-refractivity contribution in [3.8, 4) is 22.6 Å². The molecule has 1 saturated heterocycles. The zero-order valence-electron chi connectivity index (χ0n) is 29.5. The number of aromatic nitrogens is 1. The number of carbonyl (C=O) groups is 1. The molecule has 1 aliphatic rings. The van der Waals surface area contributed by atoms with Crippen molar-refractivity contribution < 1.29 is 24.1 Å². The van der Waals surface area contributed by atoms with Crippen LogP contribution >= 0.6 is 0 Å². The number of rotatable bonds is 12. The summed E-state index contributed by atoms with van der Waals surface area (Å²) in [7, 11) is 0. The molecule has 7 heteroatoms. The molecule has 2 heterocycles. The van der Waals surface area contributed by atoms with Crippen LogP contribution in [0, 0.1) is 19.3 Å². The zero-order valence-corrected chi connectivity index (χ0v) is 29.5. The lowest BCUT2D eigenvalue weighted by Crippen LogP contribution is -2.39. The molecule has 1 fully saturated rings. The second-order valence-electron chi connectivity index (χ2n) is 14.6. The first-order valence-corrected chi connectivity index (χ1v) is 17.0. The molecule has 0 aliphatic carbocycles. The van der Waals surface area contributed by atoms with Crippen LogP contribution in [0.4, 0.5) is 5.69 Å². The standard InChI is InChI=1S/C41H50N2O5/c1-28-35(37(43-24-22-41(6,7)23-25-43)36(29(2)42-28)38(39(44)45)48-40(3,4)5)32-15-19-33(20-16-32)46-26-21-30-13-17-34(18-14-30)47-27-31-11-9-8-10-12-31/h8-20,38H,21-27H2,1-7H3,(H,44,45). The molecule has 0 radical (unpaired) electrons. The number of nitrogens with zero attached hydrogens (tertiary/aromatic N) is 2. The monoisotopic (exact) mass is 650 g/mol. The van der Waals surface area contributed by atoms with E-state index in [1.807, 2.05) is 77.1 Å². The summed E-state index contributed by atoms with van der Waals surface area (Å²) in [6.07, 6.45) is 1.65. The number of carboxylic acid groups (broad SMARTS) is 1. The van der Waals surface area contributed by atoms with Gasteiger partial charge >= 0.3 is 5.97 Å². The van der Waals surface area contributed by atoms with Gasteiger partial charge in [0.1, 0.15) is 18.1 Å². The van der Waals surface area contributed by atoms with Crippen molar-refractivity contribution in [1.29, 1.82) is 0 Å². The van der Waals surface area contributed by atoms with Gasteiger partial charge in [-0.15, -0.1) is 0 Å². The van der Waals surface area contributed by atoms with Gasteiger partial charge in [0, 0.05) is 42.0 Å². The Morgan fingerprint density at radius 2 is 1.46 bits per heavy atom. The largest absolute Gasteiger partial charge is 0.493 e. The maximum atomic E-state index is 12.8. The first kappa shape index (κ1) is 35.0. The lowest BCUT2D eigenvalue weighted by Gasteiger charge is -2.41. The predicted octanol–water partition coefficient (Wildman–Crippen LogP) is 9.13. The molecule has 1 aliphatic heterocycles. The van der Waals surface area contributed by atoms with Gasteiger partial charge in [-0.25, -0.2) is 4.79 Å². The maximum Gasteiger partial charge on any atom is 0.337 e. The highest BCUT2D eigenvalue weighted by molar-refractivity contribution is 5.88. The molecule has 4 aromatic rings. The molecule has 0 bridgehead atoms. The Morgan fingerprint density at radius 3 is 2.06 bits per heavy atom. The number of carboxylic acids is 1. The average Bonchev–Trinajstić information content (AvgIpc) is 3.04. The van der Waals surface area contributed by atoms with Crippen LogP contribution in [0.1, 0.15) is 81.6 Å². The van der Waals surface area contributed by atoms with Crippen LogP contribution in [-0.2, 0) is 22.6 Å². The first-order valence-electron chi connectivity index (χ1n) is 17.0. The normalized spacial score (nSPS) is 15.2. The van der Waals surface area contributed by atoms with Crippen LogP contribution < -0.4 is 14.4 Å². The van der Waals surface area contributed by atoms with Gasteiger partial charge in [0.15, 0.2) is 6.10 Å². The summed E-state index contributed by atoms with van der Waals surface area (Å²) in [6, 6.07) is 26.4. The van der Waals surface area contributed by atoms with Crippen molar-refractivity contribution in [3.05, 3.63) is 107 Å². The first-order chi connectivity index (χ1) is 22.8. The topological polar surface area (TPSA) is 81.1 Å². The molecule has 1 aromatic heterocycles. The van der Waals surface area contributed by atoms with Gasteiger partial charge in [-0.1, -0.05) is 68.4 Å². The highest BCUT2D eigenvalue weighted by Gasteiger charge is 2.36. The van der Waals surface area contributed by atoms with Crippen molar-refractivity contribution in [3.63, 3.8) is 0 Å². The highest BCUT2D eigenvalue weighted by Crippen LogP contribution is 2.45. The predicted molar refractivity (Wildman–Crippen MR) is 192 cm³/mol. The molecule has 0 spiro atoms. The fourth-order valence-electron chi connectivity index (χ4n) is 6.25. The smallest absolute Gasteiger partial charge is 0.337 e. The van der Waals surface area contributed by atoms with E-state index in [-0.39, 0.29) is 5.41 Å². The van der Waals surface area contributed by atoms with Crippen LogP contribution in [0.2, 0.25) is 0 Å². The van der Waals surface area contributed by atoms with Crippen molar-refractivity contribution in [2.24, 2.45) is 5.41 Å². The molecule has 254 valence electrons. The SMILES string of the molecule is Cc1nc(C)c(C(OC(C)(C)C)C(=O)O)c(N2CCC(C)(C)CC2)c1-c1ccc(OCCc2ccc(OCc3ccccc3)cc2)cc1. The lowest BCUT2D eigenvalue weighted by molar-refractivity contribution is -0.160. The second-order valence-corrected chi connectivity index (χ2v) is 14.6. The molecule has 1 atom stereocenters. The maximum absolute atomic E-state index is 12.8. The van der Waals surface area contributed by atoms with Gasteiger partial charge in [-0.2, -0.15) is 0 Å². The molecule has 0 saturated carbocycles. The van der Waals surface area contributed by atoms with Crippen molar-refractivity contribution >= 4 is 11.7 Å². The molecule has 3 aromatic carbocycles. The van der Waals surface area contributed by atoms with Gasteiger partial charge in [0.05, 0.1) is 17.9 Å². The minimum Gasteiger partial charge on any atom is -0.493 e. The van der Waals surface area contributed by atoms with Crippen LogP contribution in [-0.4, -0.2) is 41.4 Å². The number of ether oxygens (including phenoxy) is 3. The van der Waals surface area contributed by atoms with E-state index >= 15 is 0 Å². The quantitative estimate of drug-likeness (QED) is 0.164. The van der Waals surface area contributed by atoms with E-state index in [2.05, 4.69) is 55.1 Å². The van der Waals surface area contributed by atoms with E-state index in [0.29, 0.717) is 24.5 Å². The molecule has 7 nitrogen and oxygen atoms in total. The second kappa shape index (κ2) is 14.8. The molecular formula is C41H50N2O5. The van der Waals surface area contributed by atoms with E-state index in [1.165, 1.54) is 5.56 Å². The molecule has 1 N–H and O–H groups in total. The van der Waals surface area contributed by atoms with E-state index in [0.717, 1.165) is 71.9 Å². The lowest BCUT2D eigenvalue weighted by atomic mass is 9.82. The Kier molecular flexibility index (Phi) is 10.8. The number of pyridine rings is 1. The summed E-state index contributed by atoms with van der Waals surface area (Å²) in [5, 5.41) is 10.4. The van der Waals surface area contributed by atoms with Crippen molar-refractivity contribution in [1.82, 2.24) is 4.98 Å². The van der Waals surface area contributed by atoms with Crippen LogP contribution in [0.25, 0.3) is 11.1 Å². The van der Waals surface area contributed by atoms with Gasteiger partial charge in [-0.3, -0.25) is 4.98 Å². The molecule has 1 unspecified atom stereocenters. The molecule has 5 rings (SSSR count). The van der Waals surface area contributed by atoms with Gasteiger partial charge in [-0.05, 0) is 93.8 Å². The van der Waals surface area contributed by atoms with E-state index in [4.69, 9.17) is 19.2 Å². The number of benzene rings is 3. The fraction of sp³-hybridized carbons (Fsp3) is 0.415. The van der Waals surface area contributed by atoms with Gasteiger partial charge in [0.2, 0.25) is 0 Å². The summed E-state index contributed by atoms with van der Waals surface area (Å²) >= 11 is 0. The van der Waals surface area contributed by atoms with E-state index in [9.17, 15) is 9.90 Å². The number of aliphatic carboxylic acids is 1. The number of hydrogen-bond acceptors (Lipinski definition) is 6. The van der Waals surface area contributed by atoms with Gasteiger partial charge in [0.25, 0.3) is 0 Å². The summed E-state index contributed by atoms with van der Waals surface area (Å²) in [4.78, 5) is 20.0. The summed E-state index contributed by atoms with van der Waals surface area (Å²) in [6.45, 7) is 16.9. The number of hydrogen-bond donors (Lipinski definition) is 1. The Bertz CT molecular complexity index is 1670. The van der Waals surface area contributed by atoms with Gasteiger partial charge < -0.3 is 24.2 Å². The Hall–Kier alpha value is -4.36. The Morgan fingerprint density at radius 1 is 0.854 bits per heavy atom. The van der Waals surface area contributed by atoms with E-state index in [1.54, 1.807) is 0 Å². The summed E-state index contributed by atoms with van der Waals surface area (Å²) in [5.74, 6) is 0.608. The third-order valence-corrected chi connectivity index (χ3v) is 8.94. The minimum atomic E-state index is -1.14. The van der Waals surface area contributed by atoms with Crippen LogP contribution in [0.15, 0.2) is 78.9 Å². The highest BCUT2D eigenvalue weighted by atomic mass is 16.5.